The highest BCUT2D eigenvalue weighted by atomic mass is 16.8. The van der Waals surface area contributed by atoms with Gasteiger partial charge in [-0.15, -0.1) is 0 Å². The van der Waals surface area contributed by atoms with Crippen LogP contribution in [0, 0.1) is 5.92 Å². The predicted molar refractivity (Wildman–Crippen MR) is 208 cm³/mol. The average Bonchev–Trinajstić information content (AvgIpc) is 3.53. The summed E-state index contributed by atoms with van der Waals surface area (Å²) in [7, 11) is 0. The van der Waals surface area contributed by atoms with E-state index in [2.05, 4.69) is 5.32 Å². The Kier molecular flexibility index (Phi) is 14.3. The summed E-state index contributed by atoms with van der Waals surface area (Å²) in [5, 5.41) is 2.64. The number of carbonyl (C=O) groups is 2. The first-order valence-corrected chi connectivity index (χ1v) is 19.1. The molecule has 2 fully saturated rings. The molecule has 2 aliphatic heterocycles. The fourth-order valence-electron chi connectivity index (χ4n) is 6.77. The number of benzene rings is 4. The van der Waals surface area contributed by atoms with Crippen molar-refractivity contribution < 1.29 is 47.5 Å². The van der Waals surface area contributed by atoms with Crippen molar-refractivity contribution in [2.45, 2.75) is 103 Å². The smallest absolute Gasteiger partial charge is 0.408 e. The molecule has 0 saturated carbocycles. The van der Waals surface area contributed by atoms with Gasteiger partial charge in [0, 0.05) is 12.3 Å². The van der Waals surface area contributed by atoms with Crippen LogP contribution in [0.5, 0.6) is 0 Å². The van der Waals surface area contributed by atoms with Gasteiger partial charge in [-0.1, -0.05) is 121 Å². The van der Waals surface area contributed by atoms with Crippen molar-refractivity contribution in [2.75, 3.05) is 13.2 Å². The molecule has 4 aromatic carbocycles. The molecular weight excluding hydrogens is 714 g/mol. The molecule has 6 rings (SSSR count). The summed E-state index contributed by atoms with van der Waals surface area (Å²) in [6, 6.07) is 38.0. The summed E-state index contributed by atoms with van der Waals surface area (Å²) in [6.07, 6.45) is -2.75. The molecule has 2 heterocycles. The molecule has 0 radical (unpaired) electrons. The van der Waals surface area contributed by atoms with E-state index < -0.39 is 54.1 Å². The number of esters is 1. The van der Waals surface area contributed by atoms with Crippen molar-refractivity contribution in [2.24, 2.45) is 5.92 Å². The monoisotopic (exact) mass is 767 g/mol. The van der Waals surface area contributed by atoms with Crippen molar-refractivity contribution in [1.29, 1.82) is 0 Å². The van der Waals surface area contributed by atoms with Crippen LogP contribution in [0.2, 0.25) is 0 Å². The highest BCUT2D eigenvalue weighted by molar-refractivity contribution is 5.81. The Bertz CT molecular complexity index is 1790. The third-order valence-electron chi connectivity index (χ3n) is 9.46. The zero-order valence-corrected chi connectivity index (χ0v) is 32.5. The molecule has 0 unspecified atom stereocenters. The van der Waals surface area contributed by atoms with Gasteiger partial charge in [-0.25, -0.2) is 9.59 Å². The zero-order valence-electron chi connectivity index (χ0n) is 32.5. The van der Waals surface area contributed by atoms with Crippen LogP contribution in [-0.4, -0.2) is 67.3 Å². The number of hydrogen-bond donors (Lipinski definition) is 1. The van der Waals surface area contributed by atoms with Crippen LogP contribution in [0.3, 0.4) is 0 Å². The minimum atomic E-state index is -1.24. The Hall–Kier alpha value is -4.62. The van der Waals surface area contributed by atoms with Gasteiger partial charge in [0.05, 0.1) is 39.1 Å². The zero-order chi connectivity index (χ0) is 39.4. The van der Waals surface area contributed by atoms with Gasteiger partial charge in [0.2, 0.25) is 0 Å². The fourth-order valence-corrected chi connectivity index (χ4v) is 6.77. The van der Waals surface area contributed by atoms with E-state index in [4.69, 9.17) is 37.9 Å². The van der Waals surface area contributed by atoms with Gasteiger partial charge in [0.25, 0.3) is 0 Å². The van der Waals surface area contributed by atoms with E-state index in [-0.39, 0.29) is 25.7 Å². The maximum atomic E-state index is 13.4. The summed E-state index contributed by atoms with van der Waals surface area (Å²) in [4.78, 5) is 26.3. The standard InChI is InChI=1S/C45H53NO10/c1-44(2,3)56-43(48)46-37(41(47)52-29-35-23-15-8-16-24-35)30-53-45(4)25-36-39(50-27-33-19-11-6-12-20-33)40(51-28-34-21-13-7-14-22-34)38(54-42(36)55-45)31-49-26-32-17-9-5-10-18-32/h5-24,36-40,42H,25-31H2,1-4H3,(H,46,48)/t36-,37+,38-,39-,40-,42-,45-/m1/s1. The molecule has 0 aliphatic carbocycles. The molecule has 1 amide bonds. The second-order valence-corrected chi connectivity index (χ2v) is 15.3. The van der Waals surface area contributed by atoms with E-state index in [0.29, 0.717) is 26.2 Å². The molecule has 2 saturated heterocycles. The number of alkyl carbamates (subject to hydrolysis) is 1. The molecule has 2 aliphatic rings. The summed E-state index contributed by atoms with van der Waals surface area (Å²) >= 11 is 0. The van der Waals surface area contributed by atoms with Crippen molar-refractivity contribution in [3.8, 4) is 0 Å². The Morgan fingerprint density at radius 2 is 1.23 bits per heavy atom. The Balaban J connectivity index is 1.20. The number of amides is 1. The number of hydrogen-bond acceptors (Lipinski definition) is 10. The van der Waals surface area contributed by atoms with Crippen molar-refractivity contribution in [3.05, 3.63) is 144 Å². The number of rotatable bonds is 17. The predicted octanol–water partition coefficient (Wildman–Crippen LogP) is 7.50. The van der Waals surface area contributed by atoms with Crippen LogP contribution < -0.4 is 5.32 Å². The molecule has 0 aromatic heterocycles. The molecule has 7 atom stereocenters. The molecule has 56 heavy (non-hydrogen) atoms. The fraction of sp³-hybridized carbons (Fsp3) is 0.422. The second-order valence-electron chi connectivity index (χ2n) is 15.3. The normalized spacial score (nSPS) is 23.8. The van der Waals surface area contributed by atoms with Crippen LogP contribution in [0.1, 0.15) is 56.4 Å². The second kappa shape index (κ2) is 19.5. The lowest BCUT2D eigenvalue weighted by Crippen LogP contribution is -2.56. The first kappa shape index (κ1) is 41.0. The SMILES string of the molecule is CC(C)(C)OC(=O)N[C@@H](CO[C@@]1(C)C[C@H]2[C@H](O[C@H](COCc3ccccc3)[C@@H](OCc3ccccc3)[C@@H]2OCc2ccccc2)O1)C(=O)OCc1ccccc1. The lowest BCUT2D eigenvalue weighted by Gasteiger charge is -2.43. The first-order valence-electron chi connectivity index (χ1n) is 19.1. The van der Waals surface area contributed by atoms with Gasteiger partial charge in [-0.05, 0) is 49.9 Å². The molecular formula is C45H53NO10. The van der Waals surface area contributed by atoms with Gasteiger partial charge in [0.15, 0.2) is 18.1 Å². The van der Waals surface area contributed by atoms with E-state index in [9.17, 15) is 9.59 Å². The first-order chi connectivity index (χ1) is 27.0. The highest BCUT2D eigenvalue weighted by Gasteiger charge is 2.56. The van der Waals surface area contributed by atoms with E-state index in [1.165, 1.54) is 0 Å². The third-order valence-corrected chi connectivity index (χ3v) is 9.46. The van der Waals surface area contributed by atoms with Gasteiger partial charge in [0.1, 0.15) is 24.4 Å². The molecule has 0 bridgehead atoms. The van der Waals surface area contributed by atoms with E-state index in [1.54, 1.807) is 27.7 Å². The third kappa shape index (κ3) is 12.2. The van der Waals surface area contributed by atoms with Gasteiger partial charge < -0.3 is 43.2 Å². The minimum absolute atomic E-state index is 0.0243. The highest BCUT2D eigenvalue weighted by Crippen LogP contribution is 2.45. The van der Waals surface area contributed by atoms with Crippen LogP contribution >= 0.6 is 0 Å². The van der Waals surface area contributed by atoms with E-state index >= 15 is 0 Å². The van der Waals surface area contributed by atoms with Gasteiger partial charge in [-0.3, -0.25) is 0 Å². The number of ether oxygens (including phenoxy) is 8. The topological polar surface area (TPSA) is 120 Å². The molecule has 11 nitrogen and oxygen atoms in total. The Labute approximate surface area is 329 Å². The largest absolute Gasteiger partial charge is 0.459 e. The average molecular weight is 768 g/mol. The molecule has 298 valence electrons. The Morgan fingerprint density at radius 3 is 1.77 bits per heavy atom. The van der Waals surface area contributed by atoms with E-state index in [1.807, 2.05) is 121 Å². The summed E-state index contributed by atoms with van der Waals surface area (Å²) < 4.78 is 50.4. The van der Waals surface area contributed by atoms with E-state index in [0.717, 1.165) is 22.3 Å². The Morgan fingerprint density at radius 1 is 0.732 bits per heavy atom. The number of fused-ring (bicyclic) bond motifs is 1. The maximum absolute atomic E-state index is 13.4. The quantitative estimate of drug-likeness (QED) is 0.108. The van der Waals surface area contributed by atoms with Crippen molar-refractivity contribution in [3.63, 3.8) is 0 Å². The summed E-state index contributed by atoms with van der Waals surface area (Å²) in [5.74, 6) is -2.23. The molecule has 1 N–H and O–H groups in total. The van der Waals surface area contributed by atoms with Crippen molar-refractivity contribution in [1.82, 2.24) is 5.32 Å². The lowest BCUT2D eigenvalue weighted by molar-refractivity contribution is -0.317. The lowest BCUT2D eigenvalue weighted by atomic mass is 9.87. The molecule has 11 heteroatoms. The number of carbonyl (C=O) groups excluding carboxylic acids is 2. The van der Waals surface area contributed by atoms with Crippen LogP contribution in [0.4, 0.5) is 4.79 Å². The minimum Gasteiger partial charge on any atom is -0.459 e. The maximum Gasteiger partial charge on any atom is 0.408 e. The number of nitrogens with one attached hydrogen (secondary N) is 1. The summed E-state index contributed by atoms with van der Waals surface area (Å²) in [5.41, 5.74) is 3.08. The van der Waals surface area contributed by atoms with Crippen LogP contribution in [0.15, 0.2) is 121 Å². The molecule has 4 aromatic rings. The van der Waals surface area contributed by atoms with Gasteiger partial charge >= 0.3 is 12.1 Å². The van der Waals surface area contributed by atoms with Gasteiger partial charge in [-0.2, -0.15) is 0 Å². The molecule has 0 spiro atoms. The summed E-state index contributed by atoms with van der Waals surface area (Å²) in [6.45, 7) is 8.09. The van der Waals surface area contributed by atoms with Crippen molar-refractivity contribution >= 4 is 12.1 Å². The van der Waals surface area contributed by atoms with Crippen LogP contribution in [0.25, 0.3) is 0 Å². The van der Waals surface area contributed by atoms with Crippen LogP contribution in [-0.2, 0) is 69.1 Å².